The first-order valence-corrected chi connectivity index (χ1v) is 4.71. The second kappa shape index (κ2) is 3.88. The molecule has 5 heteroatoms. The van der Waals surface area contributed by atoms with Crippen molar-refractivity contribution in [1.29, 1.82) is 0 Å². The lowest BCUT2D eigenvalue weighted by molar-refractivity contribution is 0.111. The van der Waals surface area contributed by atoms with Gasteiger partial charge in [0.2, 0.25) is 0 Å². The summed E-state index contributed by atoms with van der Waals surface area (Å²) in [6.07, 6.45) is 3.23. The number of hydrogen-bond acceptors (Lipinski definition) is 4. The summed E-state index contributed by atoms with van der Waals surface area (Å²) in [6.45, 7) is 1.26. The molecule has 0 aromatic carbocycles. The summed E-state index contributed by atoms with van der Waals surface area (Å²) in [5.74, 6) is 0.715. The van der Waals surface area contributed by atoms with Gasteiger partial charge in [0.1, 0.15) is 0 Å². The molecular formula is C9H13N3O2. The van der Waals surface area contributed by atoms with E-state index in [2.05, 4.69) is 10.3 Å². The number of methoxy groups -OCH3 is 1. The number of carbonyl (C=O) groups is 1. The van der Waals surface area contributed by atoms with Crippen LogP contribution in [0.5, 0.6) is 0 Å². The molecule has 14 heavy (non-hydrogen) atoms. The zero-order chi connectivity index (χ0) is 9.97. The number of rotatable bonds is 5. The van der Waals surface area contributed by atoms with Crippen molar-refractivity contribution in [3.8, 4) is 0 Å². The average Bonchev–Trinajstić information content (AvgIpc) is 2.91. The third kappa shape index (κ3) is 1.82. The van der Waals surface area contributed by atoms with Gasteiger partial charge >= 0.3 is 0 Å². The van der Waals surface area contributed by atoms with Crippen LogP contribution in [0.3, 0.4) is 0 Å². The minimum Gasteiger partial charge on any atom is -0.378 e. The third-order valence-electron chi connectivity index (χ3n) is 2.39. The van der Waals surface area contributed by atoms with Gasteiger partial charge in [0, 0.05) is 13.7 Å². The van der Waals surface area contributed by atoms with Crippen molar-refractivity contribution in [1.82, 2.24) is 15.0 Å². The lowest BCUT2D eigenvalue weighted by Crippen LogP contribution is -2.08. The summed E-state index contributed by atoms with van der Waals surface area (Å²) in [7, 11) is 1.60. The molecule has 1 aliphatic carbocycles. The van der Waals surface area contributed by atoms with Gasteiger partial charge in [0.25, 0.3) is 0 Å². The smallest absolute Gasteiger partial charge is 0.172 e. The van der Waals surface area contributed by atoms with Crippen LogP contribution in [0.2, 0.25) is 0 Å². The van der Waals surface area contributed by atoms with Gasteiger partial charge in [-0.05, 0) is 18.8 Å². The largest absolute Gasteiger partial charge is 0.378 e. The quantitative estimate of drug-likeness (QED) is 0.647. The molecule has 1 aromatic rings. The molecule has 1 fully saturated rings. The maximum atomic E-state index is 10.6. The van der Waals surface area contributed by atoms with Crippen LogP contribution < -0.4 is 0 Å². The summed E-state index contributed by atoms with van der Waals surface area (Å²) in [5.41, 5.74) is 1.18. The highest BCUT2D eigenvalue weighted by Crippen LogP contribution is 2.30. The molecule has 0 aliphatic heterocycles. The van der Waals surface area contributed by atoms with Crippen molar-refractivity contribution < 1.29 is 9.53 Å². The van der Waals surface area contributed by atoms with Gasteiger partial charge in [-0.1, -0.05) is 5.21 Å². The molecule has 0 spiro atoms. The van der Waals surface area contributed by atoms with Gasteiger partial charge < -0.3 is 4.74 Å². The average molecular weight is 195 g/mol. The SMILES string of the molecule is COCc1c(C=O)nnn1CC1CC1. The maximum absolute atomic E-state index is 10.6. The zero-order valence-corrected chi connectivity index (χ0v) is 8.14. The predicted molar refractivity (Wildman–Crippen MR) is 48.8 cm³/mol. The standard InChI is InChI=1S/C9H13N3O2/c1-14-6-9-8(5-13)10-11-12(9)4-7-2-3-7/h5,7H,2-4,6H2,1H3. The van der Waals surface area contributed by atoms with E-state index < -0.39 is 0 Å². The highest BCUT2D eigenvalue weighted by Gasteiger charge is 2.24. The molecule has 1 saturated carbocycles. The fraction of sp³-hybridized carbons (Fsp3) is 0.667. The van der Waals surface area contributed by atoms with Crippen molar-refractivity contribution in [2.75, 3.05) is 7.11 Å². The molecule has 0 radical (unpaired) electrons. The Balaban J connectivity index is 2.18. The Labute approximate surface area is 82.1 Å². The lowest BCUT2D eigenvalue weighted by Gasteiger charge is -2.03. The van der Waals surface area contributed by atoms with E-state index in [0.29, 0.717) is 18.2 Å². The highest BCUT2D eigenvalue weighted by atomic mass is 16.5. The Kier molecular flexibility index (Phi) is 2.58. The molecule has 1 aromatic heterocycles. The van der Waals surface area contributed by atoms with Crippen molar-refractivity contribution in [3.63, 3.8) is 0 Å². The second-order valence-electron chi connectivity index (χ2n) is 3.60. The fourth-order valence-electron chi connectivity index (χ4n) is 1.41. The van der Waals surface area contributed by atoms with E-state index in [-0.39, 0.29) is 0 Å². The van der Waals surface area contributed by atoms with Gasteiger partial charge in [0.05, 0.1) is 12.3 Å². The van der Waals surface area contributed by atoms with Crippen LogP contribution in [0.25, 0.3) is 0 Å². The molecule has 0 saturated heterocycles. The molecular weight excluding hydrogens is 182 g/mol. The Morgan fingerprint density at radius 1 is 1.64 bits per heavy atom. The first kappa shape index (κ1) is 9.33. The van der Waals surface area contributed by atoms with Gasteiger partial charge in [-0.3, -0.25) is 4.79 Å². The van der Waals surface area contributed by atoms with Crippen LogP contribution in [0.1, 0.15) is 29.0 Å². The first-order valence-electron chi connectivity index (χ1n) is 4.71. The summed E-state index contributed by atoms with van der Waals surface area (Å²) < 4.78 is 6.79. The summed E-state index contributed by atoms with van der Waals surface area (Å²) in [5, 5.41) is 7.74. The summed E-state index contributed by atoms with van der Waals surface area (Å²) >= 11 is 0. The Bertz CT molecular complexity index is 331. The van der Waals surface area contributed by atoms with Gasteiger partial charge in [0.15, 0.2) is 12.0 Å². The van der Waals surface area contributed by atoms with Gasteiger partial charge in [-0.15, -0.1) is 5.10 Å². The fourth-order valence-corrected chi connectivity index (χ4v) is 1.41. The predicted octanol–water partition coefficient (Wildman–Crippen LogP) is 0.647. The molecule has 0 unspecified atom stereocenters. The Morgan fingerprint density at radius 2 is 2.43 bits per heavy atom. The van der Waals surface area contributed by atoms with Gasteiger partial charge in [-0.25, -0.2) is 4.68 Å². The molecule has 0 N–H and O–H groups in total. The molecule has 2 rings (SSSR count). The van der Waals surface area contributed by atoms with Crippen LogP contribution in [-0.4, -0.2) is 28.4 Å². The van der Waals surface area contributed by atoms with Gasteiger partial charge in [-0.2, -0.15) is 0 Å². The van der Waals surface area contributed by atoms with Crippen molar-refractivity contribution >= 4 is 6.29 Å². The Morgan fingerprint density at radius 3 is 3.00 bits per heavy atom. The number of nitrogens with zero attached hydrogens (tertiary/aromatic N) is 3. The summed E-state index contributed by atoms with van der Waals surface area (Å²) in [6, 6.07) is 0. The normalized spacial score (nSPS) is 15.8. The Hall–Kier alpha value is -1.23. The van der Waals surface area contributed by atoms with E-state index in [1.54, 1.807) is 11.8 Å². The van der Waals surface area contributed by atoms with E-state index in [4.69, 9.17) is 4.74 Å². The first-order chi connectivity index (χ1) is 6.85. The zero-order valence-electron chi connectivity index (χ0n) is 8.14. The van der Waals surface area contributed by atoms with Crippen LogP contribution in [-0.2, 0) is 17.9 Å². The van der Waals surface area contributed by atoms with E-state index in [9.17, 15) is 4.79 Å². The number of aromatic nitrogens is 3. The third-order valence-corrected chi connectivity index (χ3v) is 2.39. The van der Waals surface area contributed by atoms with Crippen LogP contribution in [0.4, 0.5) is 0 Å². The second-order valence-corrected chi connectivity index (χ2v) is 3.60. The van der Waals surface area contributed by atoms with Crippen LogP contribution in [0, 0.1) is 5.92 Å². The van der Waals surface area contributed by atoms with Crippen molar-refractivity contribution in [2.45, 2.75) is 26.0 Å². The lowest BCUT2D eigenvalue weighted by atomic mass is 10.3. The molecule has 1 heterocycles. The molecule has 5 nitrogen and oxygen atoms in total. The van der Waals surface area contributed by atoms with Crippen LogP contribution in [0.15, 0.2) is 0 Å². The highest BCUT2D eigenvalue weighted by molar-refractivity contribution is 5.73. The van der Waals surface area contributed by atoms with E-state index in [1.165, 1.54) is 12.8 Å². The summed E-state index contributed by atoms with van der Waals surface area (Å²) in [4.78, 5) is 10.6. The van der Waals surface area contributed by atoms with Crippen molar-refractivity contribution in [3.05, 3.63) is 11.4 Å². The molecule has 1 aliphatic rings. The molecule has 0 atom stereocenters. The van der Waals surface area contributed by atoms with Crippen LogP contribution >= 0.6 is 0 Å². The monoisotopic (exact) mass is 195 g/mol. The molecule has 0 amide bonds. The minimum atomic E-state index is 0.396. The molecule has 76 valence electrons. The number of carbonyl (C=O) groups excluding carboxylic acids is 1. The topological polar surface area (TPSA) is 57.0 Å². The number of aldehydes is 1. The number of hydrogen-bond donors (Lipinski definition) is 0. The van der Waals surface area contributed by atoms with E-state index in [0.717, 1.165) is 18.5 Å². The minimum absolute atomic E-state index is 0.396. The van der Waals surface area contributed by atoms with E-state index >= 15 is 0 Å². The number of ether oxygens (including phenoxy) is 1. The maximum Gasteiger partial charge on any atom is 0.172 e. The molecule has 0 bridgehead atoms. The van der Waals surface area contributed by atoms with Crippen molar-refractivity contribution in [2.24, 2.45) is 5.92 Å². The van der Waals surface area contributed by atoms with E-state index in [1.807, 2.05) is 0 Å².